The van der Waals surface area contributed by atoms with Crippen LogP contribution in [0.3, 0.4) is 0 Å². The average Bonchev–Trinajstić information content (AvgIpc) is 1.68. The number of carbonyl (C=O) groups is 8. The van der Waals surface area contributed by atoms with E-state index >= 15 is 0 Å². The van der Waals surface area contributed by atoms with Crippen LogP contribution >= 0.6 is 58.8 Å². The molecule has 8 N–H and O–H groups in total. The van der Waals surface area contributed by atoms with Crippen molar-refractivity contribution in [1.82, 2.24) is 36.0 Å². The molecule has 119 heavy (non-hydrogen) atoms. The summed E-state index contributed by atoms with van der Waals surface area (Å²) in [5.41, 5.74) is 5.04. The predicted octanol–water partition coefficient (Wildman–Crippen LogP) is 13.2. The number of nitrogens with zero attached hydrogens (tertiary/aromatic N) is 3. The highest BCUT2D eigenvalue weighted by molar-refractivity contribution is 6.31. The summed E-state index contributed by atoms with van der Waals surface area (Å²) in [4.78, 5) is 98.2. The summed E-state index contributed by atoms with van der Waals surface area (Å²) in [6, 6.07) is 28.1. The summed E-state index contributed by atoms with van der Waals surface area (Å²) in [6.45, 7) is 19.3. The summed E-state index contributed by atoms with van der Waals surface area (Å²) < 4.78 is 82.9. The molecule has 4 aliphatic heterocycles. The molecule has 4 heterocycles. The Kier molecular flexibility index (Phi) is 37.1. The Bertz CT molecular complexity index is 3870. The predicted molar refractivity (Wildman–Crippen MR) is 442 cm³/mol. The highest BCUT2D eigenvalue weighted by Crippen LogP contribution is 2.42. The second kappa shape index (κ2) is 45.6. The van der Waals surface area contributed by atoms with E-state index in [0.717, 1.165) is 108 Å². The summed E-state index contributed by atoms with van der Waals surface area (Å²) in [5.74, 6) is 4.81. The third-order valence-electron chi connectivity index (χ3n) is 22.0. The van der Waals surface area contributed by atoms with Crippen LogP contribution < -0.4 is 45.9 Å². The lowest BCUT2D eigenvalue weighted by molar-refractivity contribution is -0.357. The fourth-order valence-corrected chi connectivity index (χ4v) is 17.0. The molecule has 0 bridgehead atoms. The van der Waals surface area contributed by atoms with E-state index < -0.39 is 35.6 Å². The molecule has 6 saturated carbocycles. The summed E-state index contributed by atoms with van der Waals surface area (Å²) in [7, 11) is 0. The van der Waals surface area contributed by atoms with Gasteiger partial charge < -0.3 is 89.8 Å². The maximum Gasteiger partial charge on any atom is 0.522 e. The molecule has 35 heteroatoms. The number of fused-ring (bicyclic) bond motifs is 4. The Labute approximate surface area is 719 Å². The van der Waals surface area contributed by atoms with E-state index in [1.165, 1.54) is 0 Å². The van der Waals surface area contributed by atoms with Crippen LogP contribution in [0.2, 0.25) is 20.1 Å². The molecule has 6 aliphatic carbocycles. The van der Waals surface area contributed by atoms with Crippen LogP contribution in [0.5, 0.6) is 23.0 Å². The van der Waals surface area contributed by atoms with E-state index in [-0.39, 0.29) is 125 Å². The van der Waals surface area contributed by atoms with Crippen molar-refractivity contribution in [3.05, 3.63) is 117 Å². The number of carbonyl (C=O) groups excluding carboxylic acids is 6. The molecule has 4 aromatic rings. The van der Waals surface area contributed by atoms with Gasteiger partial charge in [0.05, 0.1) is 18.3 Å². The van der Waals surface area contributed by atoms with Crippen LogP contribution in [0.15, 0.2) is 97.1 Å². The molecule has 4 saturated heterocycles. The van der Waals surface area contributed by atoms with Crippen LogP contribution in [0.25, 0.3) is 0 Å². The van der Waals surface area contributed by atoms with Gasteiger partial charge in [0, 0.05) is 96.4 Å². The maximum atomic E-state index is 12.4. The number of ether oxygens (including phenoxy) is 9. The highest BCUT2D eigenvalue weighted by Gasteiger charge is 2.47. The molecule has 14 rings (SSSR count). The van der Waals surface area contributed by atoms with Gasteiger partial charge in [-0.15, -0.1) is 25.6 Å². The molecule has 12 atom stereocenters. The molecule has 27 nitrogen and oxygen atoms in total. The molecule has 10 fully saturated rings. The fourth-order valence-electron chi connectivity index (χ4n) is 16.5. The van der Waals surface area contributed by atoms with E-state index in [9.17, 15) is 51.5 Å². The Balaban J connectivity index is 0.000000185. The van der Waals surface area contributed by atoms with Crippen molar-refractivity contribution in [2.24, 2.45) is 59.0 Å². The molecule has 0 aromatic heterocycles. The number of rotatable bonds is 22. The van der Waals surface area contributed by atoms with Gasteiger partial charge in [-0.25, -0.2) is 19.2 Å². The number of benzene rings is 4. The minimum absolute atomic E-state index is 0. The standard InChI is InChI=1S/C22H26ClF3N2O5.C20H27ClN2O4.C15H19ClN2O2.C12H22N2O2.C8H7ClO3.C7H12O3.ClH/c23-15-1-3-17(4-2-15)31-11-20(29)27-16-5-13-9-28(10-14(13)6-16)21(30)12-32-18-7-19(8-18)33-22(24,25)26;1-20(2,3)27-19(25)23-10-13-8-16(9-14(13)11-23)22-18(24)12-26-17-6-4-15(21)5-7-17;16-12-1-3-14(4-2-12)20-9-15(19)18-13-5-10-7-17-8-11(10)6-13;1-12(2,3)16-11(15)14-6-8-4-10(13)5-9(8)7-14;9-6-1-3-7(4-2-6)12-5-8(10)11;1-5-2-6(3-5)10-4-7(8)9;/h1-4,13-14,16,18-19H,5-12H2,(H,27,29);4-7,13-14,16H,8-12H2,1-3H3,(H,22,24);1-4,10-11,13,17H,5-9H2,(H,18,19);8-10H,4-7,13H2,1-3H3;1-4H,5H2,(H,10,11);5-6H,2-4H2,1H3,(H,8,9);1H/t13-,14+,16?,18?,19?;13-,14+,16?;10-,11+,13?;8-,9+,10?;;;. The third kappa shape index (κ3) is 34.0. The SMILES string of the molecule is CC(C)(C)OC(=O)N1C[C@H]2CC(N)C[C@H]2C1.CC(C)(C)OC(=O)N1C[C@H]2CC(NC(=O)COc3ccc(Cl)cc3)C[C@H]2C1.CC1CC(OCC(=O)O)C1.Cl.O=C(COc1ccc(Cl)cc1)NC1C[C@@H]2CN(C(=O)COC3CC(OC(F)(F)F)C3)C[C@@H]2C1.O=C(COc1ccc(Cl)cc1)NC1C[C@H]2CNC[C@H]2C1.O=C(O)COc1ccc(Cl)cc1. The van der Waals surface area contributed by atoms with Gasteiger partial charge >= 0.3 is 30.5 Å². The smallest absolute Gasteiger partial charge is 0.484 e. The largest absolute Gasteiger partial charge is 0.522 e. The van der Waals surface area contributed by atoms with Crippen LogP contribution in [0.4, 0.5) is 22.8 Å². The van der Waals surface area contributed by atoms with Crippen molar-refractivity contribution < 1.29 is 104 Å². The summed E-state index contributed by atoms with van der Waals surface area (Å²) in [6.07, 6.45) is 3.87. The van der Waals surface area contributed by atoms with Crippen molar-refractivity contribution in [2.75, 3.05) is 92.0 Å². The molecule has 10 aliphatic rings. The second-order valence-corrected chi connectivity index (χ2v) is 35.9. The molecule has 4 unspecified atom stereocenters. The van der Waals surface area contributed by atoms with E-state index in [2.05, 4.69) is 32.9 Å². The summed E-state index contributed by atoms with van der Waals surface area (Å²) in [5, 5.41) is 31.5. The van der Waals surface area contributed by atoms with E-state index in [1.807, 2.05) is 46.4 Å². The number of alkyl halides is 3. The zero-order valence-electron chi connectivity index (χ0n) is 68.2. The van der Waals surface area contributed by atoms with E-state index in [1.54, 1.807) is 107 Å². The van der Waals surface area contributed by atoms with Gasteiger partial charge in [-0.3, -0.25) is 23.9 Å². The van der Waals surface area contributed by atoms with Crippen LogP contribution in [-0.4, -0.2) is 225 Å². The highest BCUT2D eigenvalue weighted by atomic mass is 35.5. The average molecular weight is 1770 g/mol. The third-order valence-corrected chi connectivity index (χ3v) is 23.0. The molecular formula is C84H114Cl5F3N8O19. The molecule has 0 spiro atoms. The van der Waals surface area contributed by atoms with Gasteiger partial charge in [0.2, 0.25) is 5.91 Å². The van der Waals surface area contributed by atoms with Crippen molar-refractivity contribution in [1.29, 1.82) is 0 Å². The Morgan fingerprint density at radius 2 is 0.714 bits per heavy atom. The van der Waals surface area contributed by atoms with Gasteiger partial charge in [0.25, 0.3) is 17.7 Å². The Morgan fingerprint density at radius 1 is 0.420 bits per heavy atom. The lowest BCUT2D eigenvalue weighted by Gasteiger charge is -2.35. The number of aliphatic carboxylic acids is 2. The number of carboxylic acid groups (broad SMARTS) is 2. The number of carboxylic acids is 2. The monoisotopic (exact) mass is 1770 g/mol. The Hall–Kier alpha value is -7.52. The molecule has 660 valence electrons. The first-order chi connectivity index (χ1) is 55.8. The fraction of sp³-hybridized carbons (Fsp3) is 0.619. The molecule has 4 aromatic carbocycles. The lowest BCUT2D eigenvalue weighted by Crippen LogP contribution is -2.43. The number of nitrogens with one attached hydrogen (secondary N) is 4. The van der Waals surface area contributed by atoms with Crippen LogP contribution in [0.1, 0.15) is 126 Å². The topological polar surface area (TPSA) is 344 Å². The summed E-state index contributed by atoms with van der Waals surface area (Å²) >= 11 is 23.0. The number of nitrogens with two attached hydrogens (primary N) is 1. The zero-order chi connectivity index (χ0) is 85.6. The second-order valence-electron chi connectivity index (χ2n) is 34.1. The minimum atomic E-state index is -4.64. The molecule has 6 amide bonds. The van der Waals surface area contributed by atoms with Gasteiger partial charge in [0.1, 0.15) is 47.4 Å². The van der Waals surface area contributed by atoms with Gasteiger partial charge in [-0.05, 0) is 269 Å². The Morgan fingerprint density at radius 3 is 1.03 bits per heavy atom. The van der Waals surface area contributed by atoms with Crippen LogP contribution in [0, 0.1) is 53.3 Å². The van der Waals surface area contributed by atoms with Gasteiger partial charge in [0.15, 0.2) is 26.4 Å². The van der Waals surface area contributed by atoms with Crippen molar-refractivity contribution in [3.63, 3.8) is 0 Å². The van der Waals surface area contributed by atoms with E-state index in [0.29, 0.717) is 117 Å². The first-order valence-electron chi connectivity index (χ1n) is 40.3. The van der Waals surface area contributed by atoms with Gasteiger partial charge in [-0.2, -0.15) is 0 Å². The molecular weight excluding hydrogens is 1660 g/mol. The van der Waals surface area contributed by atoms with Crippen molar-refractivity contribution in [2.45, 2.75) is 186 Å². The normalized spacial score (nSPS) is 26.4. The van der Waals surface area contributed by atoms with Crippen LogP contribution in [-0.2, 0) is 52.5 Å². The number of halogens is 8. The first-order valence-corrected chi connectivity index (χ1v) is 41.8. The first kappa shape index (κ1) is 96.9. The number of hydrogen-bond donors (Lipinski definition) is 7. The van der Waals surface area contributed by atoms with Gasteiger partial charge in [-0.1, -0.05) is 53.3 Å². The zero-order valence-corrected chi connectivity index (χ0v) is 72.0. The number of likely N-dealkylation sites (tertiary alicyclic amines) is 3. The quantitative estimate of drug-likeness (QED) is 0.0384. The maximum absolute atomic E-state index is 12.4. The lowest BCUT2D eigenvalue weighted by atomic mass is 9.84. The van der Waals surface area contributed by atoms with E-state index in [4.69, 9.17) is 100 Å². The minimum Gasteiger partial charge on any atom is -0.484 e. The number of hydrogen-bond acceptors (Lipinski definition) is 19. The number of amides is 6. The van der Waals surface area contributed by atoms with Crippen molar-refractivity contribution >= 4 is 107 Å². The van der Waals surface area contributed by atoms with Crippen molar-refractivity contribution in [3.8, 4) is 23.0 Å². The molecule has 0 radical (unpaired) electrons.